The Morgan fingerprint density at radius 1 is 1.40 bits per heavy atom. The molecule has 1 saturated carbocycles. The van der Waals surface area contributed by atoms with Crippen molar-refractivity contribution in [2.45, 2.75) is 49.5 Å². The van der Waals surface area contributed by atoms with Crippen LogP contribution in [-0.2, 0) is 0 Å². The average Bonchev–Trinajstić information content (AvgIpc) is 2.62. The predicted octanol–water partition coefficient (Wildman–Crippen LogP) is 3.38. The molecule has 0 spiro atoms. The van der Waals surface area contributed by atoms with E-state index in [1.165, 1.54) is 19.3 Å². The van der Waals surface area contributed by atoms with Gasteiger partial charge in [-0.15, -0.1) is 11.8 Å². The van der Waals surface area contributed by atoms with Crippen LogP contribution in [0.4, 0.5) is 0 Å². The van der Waals surface area contributed by atoms with E-state index < -0.39 is 5.60 Å². The van der Waals surface area contributed by atoms with Gasteiger partial charge in [0.15, 0.2) is 0 Å². The van der Waals surface area contributed by atoms with Crippen molar-refractivity contribution in [3.63, 3.8) is 0 Å². The molecule has 84 valence electrons. The summed E-state index contributed by atoms with van der Waals surface area (Å²) in [7, 11) is 0. The summed E-state index contributed by atoms with van der Waals surface area (Å²) in [5, 5.41) is 10.3. The molecule has 0 amide bonds. The number of furan rings is 1. The minimum Gasteiger partial charge on any atom is -0.468 e. The second kappa shape index (κ2) is 4.62. The Morgan fingerprint density at radius 3 is 2.73 bits per heavy atom. The van der Waals surface area contributed by atoms with E-state index in [1.54, 1.807) is 18.0 Å². The monoisotopic (exact) mass is 226 g/mol. The van der Waals surface area contributed by atoms with Crippen molar-refractivity contribution in [2.75, 3.05) is 5.75 Å². The summed E-state index contributed by atoms with van der Waals surface area (Å²) in [6, 6.07) is 1.98. The van der Waals surface area contributed by atoms with Crippen LogP contribution in [0.15, 0.2) is 21.6 Å². The number of hydrogen-bond donors (Lipinski definition) is 1. The van der Waals surface area contributed by atoms with E-state index in [2.05, 4.69) is 0 Å². The van der Waals surface area contributed by atoms with Gasteiger partial charge in [-0.05, 0) is 25.8 Å². The van der Waals surface area contributed by atoms with Crippen molar-refractivity contribution in [1.82, 2.24) is 0 Å². The first-order valence-electron chi connectivity index (χ1n) is 5.59. The van der Waals surface area contributed by atoms with Crippen molar-refractivity contribution in [3.05, 3.63) is 18.1 Å². The van der Waals surface area contributed by atoms with Gasteiger partial charge in [-0.1, -0.05) is 19.3 Å². The number of hydrogen-bond acceptors (Lipinski definition) is 3. The molecule has 0 radical (unpaired) electrons. The molecule has 0 saturated heterocycles. The van der Waals surface area contributed by atoms with E-state index in [4.69, 9.17) is 4.42 Å². The Bertz CT molecular complexity index is 313. The van der Waals surface area contributed by atoms with Gasteiger partial charge in [0.2, 0.25) is 0 Å². The van der Waals surface area contributed by atoms with Gasteiger partial charge in [0, 0.05) is 10.6 Å². The first kappa shape index (κ1) is 11.1. The second-order valence-corrected chi connectivity index (χ2v) is 5.43. The van der Waals surface area contributed by atoms with Gasteiger partial charge >= 0.3 is 0 Å². The standard InChI is InChI=1S/C12H18O2S/c1-10-11(5-8-14-10)15-9-12(13)6-3-2-4-7-12/h5,8,13H,2-4,6-7,9H2,1H3. The van der Waals surface area contributed by atoms with E-state index in [1.807, 2.05) is 13.0 Å². The molecule has 3 heteroatoms. The first-order valence-corrected chi connectivity index (χ1v) is 6.57. The Kier molecular flexibility index (Phi) is 3.42. The van der Waals surface area contributed by atoms with Gasteiger partial charge in [0.05, 0.1) is 11.9 Å². The van der Waals surface area contributed by atoms with Crippen molar-refractivity contribution >= 4 is 11.8 Å². The smallest absolute Gasteiger partial charge is 0.114 e. The molecule has 1 heterocycles. The topological polar surface area (TPSA) is 33.4 Å². The molecule has 0 atom stereocenters. The fraction of sp³-hybridized carbons (Fsp3) is 0.667. The minimum atomic E-state index is -0.438. The molecule has 0 aliphatic heterocycles. The van der Waals surface area contributed by atoms with Crippen molar-refractivity contribution in [1.29, 1.82) is 0 Å². The lowest BCUT2D eigenvalue weighted by molar-refractivity contribution is 0.0273. The van der Waals surface area contributed by atoms with Gasteiger partial charge in [0.1, 0.15) is 5.76 Å². The normalized spacial score (nSPS) is 20.4. The first-order chi connectivity index (χ1) is 7.20. The molecule has 2 rings (SSSR count). The minimum absolute atomic E-state index is 0.438. The highest BCUT2D eigenvalue weighted by Gasteiger charge is 2.29. The molecule has 0 aromatic carbocycles. The van der Waals surface area contributed by atoms with E-state index in [0.717, 1.165) is 29.3 Å². The third-order valence-corrected chi connectivity index (χ3v) is 4.51. The Labute approximate surface area is 95.1 Å². The van der Waals surface area contributed by atoms with Gasteiger partial charge < -0.3 is 9.52 Å². The van der Waals surface area contributed by atoms with Crippen LogP contribution in [0.2, 0.25) is 0 Å². The fourth-order valence-electron chi connectivity index (χ4n) is 2.09. The zero-order valence-electron chi connectivity index (χ0n) is 9.16. The van der Waals surface area contributed by atoms with Crippen LogP contribution in [0, 0.1) is 6.92 Å². The van der Waals surface area contributed by atoms with Crippen molar-refractivity contribution in [3.8, 4) is 0 Å². The van der Waals surface area contributed by atoms with Crippen molar-refractivity contribution < 1.29 is 9.52 Å². The largest absolute Gasteiger partial charge is 0.468 e. The number of aliphatic hydroxyl groups is 1. The molecule has 0 bridgehead atoms. The molecule has 1 aliphatic rings. The maximum atomic E-state index is 10.3. The molecule has 1 N–H and O–H groups in total. The fourth-order valence-corrected chi connectivity index (χ4v) is 3.21. The third-order valence-electron chi connectivity index (χ3n) is 3.09. The highest BCUT2D eigenvalue weighted by molar-refractivity contribution is 7.99. The SMILES string of the molecule is Cc1occc1SCC1(O)CCCCC1. The molecular formula is C12H18O2S. The van der Waals surface area contributed by atoms with Crippen LogP contribution < -0.4 is 0 Å². The van der Waals surface area contributed by atoms with Gasteiger partial charge in [-0.2, -0.15) is 0 Å². The quantitative estimate of drug-likeness (QED) is 0.802. The summed E-state index contributed by atoms with van der Waals surface area (Å²) in [4.78, 5) is 1.16. The third kappa shape index (κ3) is 2.79. The van der Waals surface area contributed by atoms with Crippen LogP contribution in [0.25, 0.3) is 0 Å². The van der Waals surface area contributed by atoms with Crippen LogP contribution in [-0.4, -0.2) is 16.5 Å². The van der Waals surface area contributed by atoms with E-state index in [-0.39, 0.29) is 0 Å². The molecule has 15 heavy (non-hydrogen) atoms. The zero-order valence-corrected chi connectivity index (χ0v) is 9.98. The number of rotatable bonds is 3. The van der Waals surface area contributed by atoms with Crippen LogP contribution in [0.3, 0.4) is 0 Å². The molecular weight excluding hydrogens is 208 g/mol. The van der Waals surface area contributed by atoms with E-state index in [9.17, 15) is 5.11 Å². The summed E-state index contributed by atoms with van der Waals surface area (Å²) >= 11 is 1.72. The van der Waals surface area contributed by atoms with Gasteiger partial charge in [-0.3, -0.25) is 0 Å². The molecule has 1 aromatic rings. The molecule has 2 nitrogen and oxygen atoms in total. The maximum absolute atomic E-state index is 10.3. The molecule has 0 unspecified atom stereocenters. The molecule has 1 aliphatic carbocycles. The van der Waals surface area contributed by atoms with E-state index in [0.29, 0.717) is 0 Å². The Hall–Kier alpha value is -0.410. The van der Waals surface area contributed by atoms with Crippen LogP contribution >= 0.6 is 11.8 Å². The summed E-state index contributed by atoms with van der Waals surface area (Å²) in [5.74, 6) is 1.76. The van der Waals surface area contributed by atoms with Crippen LogP contribution in [0.1, 0.15) is 37.9 Å². The summed E-state index contributed by atoms with van der Waals surface area (Å²) in [6.07, 6.45) is 7.23. The zero-order chi connectivity index (χ0) is 10.7. The lowest BCUT2D eigenvalue weighted by Gasteiger charge is -2.31. The lowest BCUT2D eigenvalue weighted by Crippen LogP contribution is -2.33. The Balaban J connectivity index is 1.89. The summed E-state index contributed by atoms with van der Waals surface area (Å²) < 4.78 is 5.23. The lowest BCUT2D eigenvalue weighted by atomic mass is 9.86. The summed E-state index contributed by atoms with van der Waals surface area (Å²) in [5.41, 5.74) is -0.438. The van der Waals surface area contributed by atoms with E-state index >= 15 is 0 Å². The predicted molar refractivity (Wildman–Crippen MR) is 62.2 cm³/mol. The Morgan fingerprint density at radius 2 is 2.13 bits per heavy atom. The molecule has 1 fully saturated rings. The highest BCUT2D eigenvalue weighted by atomic mass is 32.2. The summed E-state index contributed by atoms with van der Waals surface area (Å²) in [6.45, 7) is 1.97. The van der Waals surface area contributed by atoms with Gasteiger partial charge in [-0.25, -0.2) is 0 Å². The van der Waals surface area contributed by atoms with Gasteiger partial charge in [0.25, 0.3) is 0 Å². The molecule has 1 aromatic heterocycles. The highest BCUT2D eigenvalue weighted by Crippen LogP contribution is 2.34. The second-order valence-electron chi connectivity index (χ2n) is 4.41. The maximum Gasteiger partial charge on any atom is 0.114 e. The average molecular weight is 226 g/mol. The number of aryl methyl sites for hydroxylation is 1. The number of thioether (sulfide) groups is 1. The van der Waals surface area contributed by atoms with Crippen LogP contribution in [0.5, 0.6) is 0 Å². The van der Waals surface area contributed by atoms with Crippen molar-refractivity contribution in [2.24, 2.45) is 0 Å².